The summed E-state index contributed by atoms with van der Waals surface area (Å²) in [6.45, 7) is 6.81. The Morgan fingerprint density at radius 2 is 1.96 bits per heavy atom. The van der Waals surface area contributed by atoms with Gasteiger partial charge in [-0.2, -0.15) is 0 Å². The number of aryl methyl sites for hydroxylation is 1. The summed E-state index contributed by atoms with van der Waals surface area (Å²) >= 11 is 6.15. The third-order valence-corrected chi connectivity index (χ3v) is 6.08. The van der Waals surface area contributed by atoms with Gasteiger partial charge in [0.1, 0.15) is 12.1 Å². The van der Waals surface area contributed by atoms with Gasteiger partial charge < -0.3 is 10.2 Å². The Morgan fingerprint density at radius 1 is 1.22 bits per heavy atom. The Bertz CT molecular complexity index is 846. The molecule has 3 aliphatic heterocycles. The van der Waals surface area contributed by atoms with Crippen molar-refractivity contribution in [3.8, 4) is 0 Å². The summed E-state index contributed by atoms with van der Waals surface area (Å²) in [5.74, 6) is 1.08. The predicted octanol–water partition coefficient (Wildman–Crippen LogP) is 2.33. The molecule has 4 heterocycles. The Hall–Kier alpha value is -2.18. The van der Waals surface area contributed by atoms with Crippen LogP contribution in [-0.4, -0.2) is 52.5 Å². The van der Waals surface area contributed by atoms with E-state index in [0.717, 1.165) is 42.1 Å². The largest absolute Gasteiger partial charge is 0.353 e. The maximum atomic E-state index is 12.4. The fourth-order valence-electron chi connectivity index (χ4n) is 4.02. The van der Waals surface area contributed by atoms with Crippen LogP contribution in [0.15, 0.2) is 30.6 Å². The van der Waals surface area contributed by atoms with E-state index in [1.807, 2.05) is 31.2 Å². The van der Waals surface area contributed by atoms with Gasteiger partial charge >= 0.3 is 0 Å². The average Bonchev–Trinajstić information content (AvgIpc) is 2.67. The highest BCUT2D eigenvalue weighted by atomic mass is 35.5. The van der Waals surface area contributed by atoms with Gasteiger partial charge in [0.05, 0.1) is 6.54 Å². The van der Waals surface area contributed by atoms with E-state index in [1.54, 1.807) is 6.33 Å². The lowest BCUT2D eigenvalue weighted by atomic mass is 9.87. The van der Waals surface area contributed by atoms with E-state index in [4.69, 9.17) is 11.6 Å². The number of piperidine rings is 1. The summed E-state index contributed by atoms with van der Waals surface area (Å²) in [7, 11) is 0. The monoisotopic (exact) mass is 385 g/mol. The second-order valence-electron chi connectivity index (χ2n) is 7.40. The van der Waals surface area contributed by atoms with Crippen molar-refractivity contribution in [3.05, 3.63) is 52.4 Å². The summed E-state index contributed by atoms with van der Waals surface area (Å²) in [5.41, 5.74) is 3.11. The molecule has 1 amide bonds. The van der Waals surface area contributed by atoms with Gasteiger partial charge in [-0.1, -0.05) is 29.8 Å². The van der Waals surface area contributed by atoms with Gasteiger partial charge in [0.15, 0.2) is 0 Å². The van der Waals surface area contributed by atoms with Crippen LogP contribution < -0.4 is 10.2 Å². The number of hydrogen-bond donors (Lipinski definition) is 1. The van der Waals surface area contributed by atoms with Crippen LogP contribution in [0.2, 0.25) is 5.02 Å². The van der Waals surface area contributed by atoms with E-state index in [-0.39, 0.29) is 5.91 Å². The van der Waals surface area contributed by atoms with Gasteiger partial charge in [-0.3, -0.25) is 9.69 Å². The molecule has 0 spiro atoms. The van der Waals surface area contributed by atoms with E-state index in [9.17, 15) is 4.79 Å². The number of nitrogens with zero attached hydrogens (tertiary/aromatic N) is 4. The van der Waals surface area contributed by atoms with Crippen LogP contribution >= 0.6 is 11.6 Å². The lowest BCUT2D eigenvalue weighted by molar-refractivity contribution is -0.127. The fraction of sp³-hybridized carbons (Fsp3) is 0.450. The lowest BCUT2D eigenvalue weighted by Crippen LogP contribution is -2.70. The van der Waals surface area contributed by atoms with Crippen molar-refractivity contribution in [1.29, 1.82) is 0 Å². The van der Waals surface area contributed by atoms with E-state index >= 15 is 0 Å². The average molecular weight is 386 g/mol. The number of carbonyl (C=O) groups excluding carboxylic acids is 1. The molecule has 6 nitrogen and oxygen atoms in total. The molecule has 3 saturated heterocycles. The maximum Gasteiger partial charge on any atom is 0.234 e. The van der Waals surface area contributed by atoms with E-state index in [0.29, 0.717) is 30.2 Å². The number of benzene rings is 1. The summed E-state index contributed by atoms with van der Waals surface area (Å²) < 4.78 is 0. The number of fused-ring (bicyclic) bond motifs is 2. The van der Waals surface area contributed by atoms with Crippen molar-refractivity contribution in [2.45, 2.75) is 38.9 Å². The highest BCUT2D eigenvalue weighted by Crippen LogP contribution is 2.34. The molecule has 27 heavy (non-hydrogen) atoms. The van der Waals surface area contributed by atoms with Crippen molar-refractivity contribution >= 4 is 23.3 Å². The van der Waals surface area contributed by atoms with Crippen LogP contribution in [0.5, 0.6) is 0 Å². The minimum atomic E-state index is 0.0483. The summed E-state index contributed by atoms with van der Waals surface area (Å²) in [5, 5.41) is 3.67. The van der Waals surface area contributed by atoms with Gasteiger partial charge in [0, 0.05) is 48.0 Å². The number of rotatable bonds is 5. The third kappa shape index (κ3) is 3.64. The first-order valence-corrected chi connectivity index (χ1v) is 9.69. The lowest BCUT2D eigenvalue weighted by Gasteiger charge is -2.56. The quantitative estimate of drug-likeness (QED) is 0.855. The van der Waals surface area contributed by atoms with Crippen molar-refractivity contribution in [3.63, 3.8) is 0 Å². The molecule has 2 atom stereocenters. The van der Waals surface area contributed by atoms with Crippen LogP contribution in [0.1, 0.15) is 23.2 Å². The predicted molar refractivity (Wildman–Crippen MR) is 106 cm³/mol. The molecule has 2 aromatic rings. The minimum absolute atomic E-state index is 0.0483. The Labute approximate surface area is 164 Å². The van der Waals surface area contributed by atoms with Crippen molar-refractivity contribution in [1.82, 2.24) is 20.2 Å². The first kappa shape index (κ1) is 18.2. The van der Waals surface area contributed by atoms with Crippen LogP contribution in [0, 0.1) is 13.8 Å². The zero-order valence-corrected chi connectivity index (χ0v) is 16.4. The van der Waals surface area contributed by atoms with E-state index in [2.05, 4.69) is 32.0 Å². The Kier molecular flexibility index (Phi) is 5.02. The van der Waals surface area contributed by atoms with Crippen molar-refractivity contribution in [2.24, 2.45) is 0 Å². The zero-order valence-electron chi connectivity index (χ0n) is 15.7. The van der Waals surface area contributed by atoms with Gasteiger partial charge in [-0.15, -0.1) is 0 Å². The Balaban J connectivity index is 1.32. The normalized spacial score (nSPS) is 21.7. The molecule has 1 N–H and O–H groups in total. The number of carbonyl (C=O) groups is 1. The first-order chi connectivity index (χ1) is 13.0. The highest BCUT2D eigenvalue weighted by Gasteiger charge is 2.45. The summed E-state index contributed by atoms with van der Waals surface area (Å²) in [6, 6.07) is 8.41. The third-order valence-electron chi connectivity index (χ3n) is 5.71. The molecule has 0 radical (unpaired) electrons. The van der Waals surface area contributed by atoms with Gasteiger partial charge in [-0.25, -0.2) is 9.97 Å². The molecule has 0 aliphatic carbocycles. The van der Waals surface area contributed by atoms with Crippen LogP contribution in [0.25, 0.3) is 0 Å². The van der Waals surface area contributed by atoms with Crippen LogP contribution in [0.3, 0.4) is 0 Å². The molecule has 7 heteroatoms. The molecule has 1 aromatic carbocycles. The molecule has 2 unspecified atom stereocenters. The second-order valence-corrected chi connectivity index (χ2v) is 7.80. The number of halogens is 1. The summed E-state index contributed by atoms with van der Waals surface area (Å²) in [4.78, 5) is 25.8. The number of hydrogen-bond acceptors (Lipinski definition) is 5. The number of aromatic nitrogens is 2. The molecular formula is C20H24ClN5O. The first-order valence-electron chi connectivity index (χ1n) is 9.32. The summed E-state index contributed by atoms with van der Waals surface area (Å²) in [6.07, 6.45) is 2.79. The standard InChI is InChI=1S/C20H24ClN5O/c1-13-14(2)23-12-24-20(13)25-9-16-7-17(10-25)26(16)11-19(27)22-8-15-5-3-4-6-18(15)21/h3-6,12,16-17H,7-11H2,1-2H3,(H,22,27). The van der Waals surface area contributed by atoms with Gasteiger partial charge in [-0.05, 0) is 31.9 Å². The molecule has 0 saturated carbocycles. The Morgan fingerprint density at radius 3 is 2.70 bits per heavy atom. The van der Waals surface area contributed by atoms with Crippen molar-refractivity contribution < 1.29 is 4.79 Å². The molecule has 3 aliphatic rings. The molecular weight excluding hydrogens is 362 g/mol. The fourth-order valence-corrected chi connectivity index (χ4v) is 4.22. The van der Waals surface area contributed by atoms with Gasteiger partial charge in [0.25, 0.3) is 0 Å². The molecule has 5 rings (SSSR count). The molecule has 1 aromatic heterocycles. The highest BCUT2D eigenvalue weighted by molar-refractivity contribution is 6.31. The minimum Gasteiger partial charge on any atom is -0.353 e. The molecule has 142 valence electrons. The van der Waals surface area contributed by atoms with Crippen LogP contribution in [0.4, 0.5) is 5.82 Å². The number of amides is 1. The number of anilines is 1. The zero-order chi connectivity index (χ0) is 19.0. The van der Waals surface area contributed by atoms with Gasteiger partial charge in [0.2, 0.25) is 5.91 Å². The van der Waals surface area contributed by atoms with Crippen LogP contribution in [-0.2, 0) is 11.3 Å². The maximum absolute atomic E-state index is 12.4. The number of nitrogens with one attached hydrogen (secondary N) is 1. The SMILES string of the molecule is Cc1ncnc(N2CC3CC(C2)N3CC(=O)NCc2ccccc2Cl)c1C. The topological polar surface area (TPSA) is 61.4 Å². The van der Waals surface area contributed by atoms with Crippen molar-refractivity contribution in [2.75, 3.05) is 24.5 Å². The molecule has 2 bridgehead atoms. The molecule has 3 fully saturated rings. The van der Waals surface area contributed by atoms with E-state index < -0.39 is 0 Å². The van der Waals surface area contributed by atoms with E-state index in [1.165, 1.54) is 0 Å². The number of piperazine rings is 1. The second kappa shape index (κ2) is 7.44. The smallest absolute Gasteiger partial charge is 0.234 e.